The van der Waals surface area contributed by atoms with Gasteiger partial charge in [-0.25, -0.2) is 4.68 Å². The molecule has 0 unspecified atom stereocenters. The van der Waals surface area contributed by atoms with Crippen LogP contribution in [0.3, 0.4) is 0 Å². The molecule has 0 bridgehead atoms. The fraction of sp³-hybridized carbons (Fsp3) is 0.346. The van der Waals surface area contributed by atoms with Crippen LogP contribution in [-0.4, -0.2) is 64.1 Å². The molecular formula is C26H30ClN5O2. The molecule has 0 atom stereocenters. The smallest absolute Gasteiger partial charge is 0.226 e. The van der Waals surface area contributed by atoms with Crippen molar-refractivity contribution in [1.82, 2.24) is 19.6 Å². The van der Waals surface area contributed by atoms with Gasteiger partial charge >= 0.3 is 0 Å². The van der Waals surface area contributed by atoms with E-state index in [1.165, 1.54) is 0 Å². The molecule has 34 heavy (non-hydrogen) atoms. The summed E-state index contributed by atoms with van der Waals surface area (Å²) >= 11 is 6.22. The van der Waals surface area contributed by atoms with Crippen molar-refractivity contribution in [2.24, 2.45) is 0 Å². The summed E-state index contributed by atoms with van der Waals surface area (Å²) in [5, 5.41) is 8.31. The molecule has 1 aromatic heterocycles. The van der Waals surface area contributed by atoms with Crippen molar-refractivity contribution in [3.05, 3.63) is 65.3 Å². The van der Waals surface area contributed by atoms with E-state index in [0.717, 1.165) is 42.1 Å². The second-order valence-corrected chi connectivity index (χ2v) is 8.87. The third-order valence-electron chi connectivity index (χ3n) is 6.17. The summed E-state index contributed by atoms with van der Waals surface area (Å²) in [4.78, 5) is 29.8. The van der Waals surface area contributed by atoms with Crippen LogP contribution in [0.2, 0.25) is 5.02 Å². The standard InChI is InChI=1S/C26H30ClN5O2/c1-3-30-14-16-31(17-15-30)24(34)13-12-23(33)28-26-25(20-8-5-4-6-9-20)19(2)29-32(26)22-11-7-10-21(27)18-22/h4-11,18H,3,12-17H2,1-2H3,(H,28,33). The van der Waals surface area contributed by atoms with Crippen LogP contribution in [0, 0.1) is 6.92 Å². The second kappa shape index (κ2) is 10.8. The Hall–Kier alpha value is -3.16. The van der Waals surface area contributed by atoms with E-state index in [4.69, 9.17) is 16.7 Å². The van der Waals surface area contributed by atoms with Crippen LogP contribution in [-0.2, 0) is 9.59 Å². The molecule has 1 aliphatic rings. The zero-order valence-corrected chi connectivity index (χ0v) is 20.4. The van der Waals surface area contributed by atoms with Gasteiger partial charge in [0.1, 0.15) is 5.82 Å². The number of benzene rings is 2. The maximum Gasteiger partial charge on any atom is 0.226 e. The van der Waals surface area contributed by atoms with E-state index in [1.54, 1.807) is 16.8 Å². The Labute approximate surface area is 205 Å². The van der Waals surface area contributed by atoms with E-state index < -0.39 is 0 Å². The number of nitrogens with one attached hydrogen (secondary N) is 1. The van der Waals surface area contributed by atoms with Crippen LogP contribution in [0.5, 0.6) is 0 Å². The Morgan fingerprint density at radius 3 is 2.41 bits per heavy atom. The van der Waals surface area contributed by atoms with Crippen LogP contribution < -0.4 is 5.32 Å². The quantitative estimate of drug-likeness (QED) is 0.545. The van der Waals surface area contributed by atoms with Gasteiger partial charge < -0.3 is 15.1 Å². The minimum absolute atomic E-state index is 0.0220. The highest BCUT2D eigenvalue weighted by Gasteiger charge is 2.23. The van der Waals surface area contributed by atoms with Crippen LogP contribution in [0.15, 0.2) is 54.6 Å². The Balaban J connectivity index is 1.53. The van der Waals surface area contributed by atoms with Gasteiger partial charge in [-0.1, -0.05) is 54.9 Å². The number of hydrogen-bond donors (Lipinski definition) is 1. The second-order valence-electron chi connectivity index (χ2n) is 8.43. The number of aromatic nitrogens is 2. The fourth-order valence-corrected chi connectivity index (χ4v) is 4.46. The highest BCUT2D eigenvalue weighted by atomic mass is 35.5. The van der Waals surface area contributed by atoms with Gasteiger partial charge in [-0.05, 0) is 37.2 Å². The molecule has 2 amide bonds. The van der Waals surface area contributed by atoms with E-state index in [2.05, 4.69) is 17.1 Å². The first kappa shape index (κ1) is 24.0. The van der Waals surface area contributed by atoms with Gasteiger partial charge in [0.2, 0.25) is 11.8 Å². The number of hydrogen-bond acceptors (Lipinski definition) is 4. The Morgan fingerprint density at radius 2 is 1.74 bits per heavy atom. The first-order chi connectivity index (χ1) is 16.5. The lowest BCUT2D eigenvalue weighted by molar-refractivity contribution is -0.134. The van der Waals surface area contributed by atoms with Crippen molar-refractivity contribution in [2.45, 2.75) is 26.7 Å². The van der Waals surface area contributed by atoms with Gasteiger partial charge in [0.05, 0.1) is 11.4 Å². The van der Waals surface area contributed by atoms with Crippen molar-refractivity contribution in [2.75, 3.05) is 38.0 Å². The number of rotatable bonds is 7. The number of carbonyl (C=O) groups is 2. The zero-order chi connectivity index (χ0) is 24.1. The van der Waals surface area contributed by atoms with Crippen molar-refractivity contribution in [1.29, 1.82) is 0 Å². The number of halogens is 1. The largest absolute Gasteiger partial charge is 0.340 e. The van der Waals surface area contributed by atoms with Gasteiger partial charge in [0.15, 0.2) is 0 Å². The number of likely N-dealkylation sites (N-methyl/N-ethyl adjacent to an activating group) is 1. The molecule has 0 spiro atoms. The van der Waals surface area contributed by atoms with Gasteiger partial charge in [-0.2, -0.15) is 5.10 Å². The maximum absolute atomic E-state index is 13.0. The summed E-state index contributed by atoms with van der Waals surface area (Å²) < 4.78 is 1.70. The molecule has 0 aliphatic carbocycles. The molecule has 1 aliphatic heterocycles. The molecule has 1 N–H and O–H groups in total. The maximum atomic E-state index is 13.0. The van der Waals surface area contributed by atoms with Gasteiger partial charge in [0.25, 0.3) is 0 Å². The van der Waals surface area contributed by atoms with E-state index in [1.807, 2.05) is 54.3 Å². The molecule has 1 saturated heterocycles. The summed E-state index contributed by atoms with van der Waals surface area (Å²) in [5.74, 6) is 0.370. The summed E-state index contributed by atoms with van der Waals surface area (Å²) in [5.41, 5.74) is 3.33. The zero-order valence-electron chi connectivity index (χ0n) is 19.6. The number of aryl methyl sites for hydroxylation is 1. The molecule has 4 rings (SSSR count). The monoisotopic (exact) mass is 479 g/mol. The molecule has 0 saturated carbocycles. The molecule has 7 nitrogen and oxygen atoms in total. The number of anilines is 1. The lowest BCUT2D eigenvalue weighted by Crippen LogP contribution is -2.48. The van der Waals surface area contributed by atoms with E-state index in [9.17, 15) is 9.59 Å². The number of piperazine rings is 1. The third-order valence-corrected chi connectivity index (χ3v) is 6.41. The Kier molecular flexibility index (Phi) is 7.65. The molecular weight excluding hydrogens is 450 g/mol. The highest BCUT2D eigenvalue weighted by Crippen LogP contribution is 2.34. The first-order valence-corrected chi connectivity index (χ1v) is 12.0. The van der Waals surface area contributed by atoms with E-state index in [0.29, 0.717) is 23.9 Å². The average molecular weight is 480 g/mol. The van der Waals surface area contributed by atoms with Crippen LogP contribution in [0.1, 0.15) is 25.5 Å². The van der Waals surface area contributed by atoms with Crippen molar-refractivity contribution in [3.8, 4) is 16.8 Å². The van der Waals surface area contributed by atoms with Crippen molar-refractivity contribution in [3.63, 3.8) is 0 Å². The summed E-state index contributed by atoms with van der Waals surface area (Å²) in [6.07, 6.45) is 0.295. The first-order valence-electron chi connectivity index (χ1n) is 11.7. The summed E-state index contributed by atoms with van der Waals surface area (Å²) in [6, 6.07) is 17.2. The molecule has 178 valence electrons. The fourth-order valence-electron chi connectivity index (χ4n) is 4.27. The molecule has 1 fully saturated rings. The molecule has 8 heteroatoms. The molecule has 2 heterocycles. The third kappa shape index (κ3) is 5.48. The molecule has 0 radical (unpaired) electrons. The topological polar surface area (TPSA) is 70.5 Å². The number of nitrogens with zero attached hydrogens (tertiary/aromatic N) is 4. The van der Waals surface area contributed by atoms with E-state index >= 15 is 0 Å². The average Bonchev–Trinajstić information content (AvgIpc) is 3.18. The van der Waals surface area contributed by atoms with Gasteiger partial charge in [-0.3, -0.25) is 9.59 Å². The predicted octanol–water partition coefficient (Wildman–Crippen LogP) is 4.38. The minimum atomic E-state index is -0.221. The summed E-state index contributed by atoms with van der Waals surface area (Å²) in [7, 11) is 0. The predicted molar refractivity (Wildman–Crippen MR) is 135 cm³/mol. The lowest BCUT2D eigenvalue weighted by Gasteiger charge is -2.34. The van der Waals surface area contributed by atoms with Crippen molar-refractivity contribution >= 4 is 29.2 Å². The van der Waals surface area contributed by atoms with Crippen LogP contribution in [0.4, 0.5) is 5.82 Å². The lowest BCUT2D eigenvalue weighted by atomic mass is 10.1. The molecule has 2 aromatic carbocycles. The van der Waals surface area contributed by atoms with Gasteiger partial charge in [0, 0.05) is 49.6 Å². The van der Waals surface area contributed by atoms with Crippen LogP contribution in [0.25, 0.3) is 16.8 Å². The van der Waals surface area contributed by atoms with Crippen LogP contribution >= 0.6 is 11.6 Å². The van der Waals surface area contributed by atoms with Gasteiger partial charge in [-0.15, -0.1) is 0 Å². The number of carbonyl (C=O) groups excluding carboxylic acids is 2. The normalized spacial score (nSPS) is 14.3. The SMILES string of the molecule is CCN1CCN(C(=O)CCC(=O)Nc2c(-c3ccccc3)c(C)nn2-c2cccc(Cl)c2)CC1. The Morgan fingerprint density at radius 1 is 1.00 bits per heavy atom. The van der Waals surface area contributed by atoms with E-state index in [-0.39, 0.29) is 24.7 Å². The van der Waals surface area contributed by atoms with Crippen molar-refractivity contribution < 1.29 is 9.59 Å². The molecule has 3 aromatic rings. The Bertz CT molecular complexity index is 1150. The highest BCUT2D eigenvalue weighted by molar-refractivity contribution is 6.30. The number of amides is 2. The minimum Gasteiger partial charge on any atom is -0.340 e. The summed E-state index contributed by atoms with van der Waals surface area (Å²) in [6.45, 7) is 8.23.